The lowest BCUT2D eigenvalue weighted by molar-refractivity contribution is -0.220. The second-order valence-electron chi connectivity index (χ2n) is 20.8. The number of ether oxygens (including phenoxy) is 2. The first kappa shape index (κ1) is 56.7. The Hall–Kier alpha value is -7.00. The van der Waals surface area contributed by atoms with Crippen LogP contribution in [0.4, 0.5) is 41.7 Å². The summed E-state index contributed by atoms with van der Waals surface area (Å²) < 4.78 is 99.2. The number of alkyl halides is 3. The van der Waals surface area contributed by atoms with Crippen LogP contribution in [0.15, 0.2) is 73.1 Å². The fourth-order valence-corrected chi connectivity index (χ4v) is 9.51. The number of fused-ring (bicyclic) bond motifs is 2. The van der Waals surface area contributed by atoms with Gasteiger partial charge < -0.3 is 40.5 Å². The van der Waals surface area contributed by atoms with Crippen LogP contribution in [-0.2, 0) is 32.0 Å². The van der Waals surface area contributed by atoms with Crippen molar-refractivity contribution in [3.63, 3.8) is 0 Å². The third-order valence-electron chi connectivity index (χ3n) is 14.0. The van der Waals surface area contributed by atoms with E-state index in [0.717, 1.165) is 81.5 Å². The van der Waals surface area contributed by atoms with Gasteiger partial charge in [-0.1, -0.05) is 44.7 Å². The molecule has 7 rings (SSSR count). The number of amides is 4. The highest BCUT2D eigenvalue weighted by Gasteiger charge is 2.56. The van der Waals surface area contributed by atoms with Gasteiger partial charge in [0.25, 0.3) is 5.91 Å². The van der Waals surface area contributed by atoms with E-state index in [-0.39, 0.29) is 17.7 Å². The lowest BCUT2D eigenvalue weighted by Crippen LogP contribution is -2.63. The Morgan fingerprint density at radius 3 is 1.97 bits per heavy atom. The molecule has 5 heterocycles. The van der Waals surface area contributed by atoms with E-state index in [4.69, 9.17) is 9.72 Å². The van der Waals surface area contributed by atoms with E-state index >= 15 is 8.78 Å². The van der Waals surface area contributed by atoms with Gasteiger partial charge in [0.05, 0.1) is 55.8 Å². The Bertz CT molecular complexity index is 2750. The number of aliphatic hydroxyl groups is 1. The summed E-state index contributed by atoms with van der Waals surface area (Å²) in [6, 6.07) is 10.3. The van der Waals surface area contributed by atoms with E-state index in [0.29, 0.717) is 48.7 Å². The van der Waals surface area contributed by atoms with Crippen molar-refractivity contribution in [2.75, 3.05) is 44.9 Å². The normalized spacial score (nSPS) is 18.6. The maximum atomic E-state index is 16.0. The number of hydrogen-bond donors (Lipinski definition) is 6. The topological polar surface area (TPSA) is 211 Å². The summed E-state index contributed by atoms with van der Waals surface area (Å²) in [4.78, 5) is 65.7. The number of benzene rings is 2. The summed E-state index contributed by atoms with van der Waals surface area (Å²) >= 11 is 0. The molecular formula is C53H61F6N9O8. The van der Waals surface area contributed by atoms with E-state index in [1.807, 2.05) is 17.4 Å². The number of aliphatic hydroxyl groups excluding tert-OH is 1. The molecule has 2 unspecified atom stereocenters. The quantitative estimate of drug-likeness (QED) is 0.0412. The number of hydrogen-bond acceptors (Lipinski definition) is 12. The van der Waals surface area contributed by atoms with Crippen LogP contribution in [0.1, 0.15) is 69.7 Å². The Morgan fingerprint density at radius 2 is 1.45 bits per heavy atom. The number of hydrazine groups is 1. The van der Waals surface area contributed by atoms with Crippen molar-refractivity contribution in [2.45, 2.75) is 109 Å². The lowest BCUT2D eigenvalue weighted by atomic mass is 9.82. The van der Waals surface area contributed by atoms with Gasteiger partial charge in [-0.05, 0) is 92.6 Å². The van der Waals surface area contributed by atoms with E-state index in [2.05, 4.69) is 47.4 Å². The number of anilines is 1. The molecule has 0 radical (unpaired) electrons. The largest absolute Gasteiger partial charge is 0.465 e. The predicted molar refractivity (Wildman–Crippen MR) is 265 cm³/mol. The standard InChI is InChI=1S/C53H61F6N9O8/c1-51(2,3)45(63-49(72)73)48(71)65-67(26-38-39(55)20-33(21-40(38)56)41-17-14-34(54)23-60-41)27-43(69)42(62-47(70)46(64-50(74)75-6)52(4,5)53(57,58)59)19-31-10-7-30(8-11-31)9-12-32-13-18-44(61-22-32)66-24-35-15-16-36(25-66)68(35)37-28-76-29-37/h7-8,10-11,13-14,17-18,20-23,35-37,42-43,45-46,63,69H,15-16,19,24-29H2,1-6H3,(H,62,70)(H,64,74)(H,65,71)(H,72,73)/t35?,36?,42-,43-,45+,46+/m0/s1. The van der Waals surface area contributed by atoms with Crippen molar-refractivity contribution in [2.24, 2.45) is 10.8 Å². The number of methoxy groups -OCH3 is 1. The number of aromatic nitrogens is 2. The van der Waals surface area contributed by atoms with Gasteiger partial charge in [-0.3, -0.25) is 24.9 Å². The second kappa shape index (κ2) is 23.5. The van der Waals surface area contributed by atoms with Gasteiger partial charge in [-0.15, -0.1) is 0 Å². The zero-order valence-electron chi connectivity index (χ0n) is 42.7. The summed E-state index contributed by atoms with van der Waals surface area (Å²) in [5.41, 5.74) is -0.759. The number of carboxylic acid groups (broad SMARTS) is 1. The van der Waals surface area contributed by atoms with Crippen LogP contribution in [0.2, 0.25) is 0 Å². The van der Waals surface area contributed by atoms with Crippen molar-refractivity contribution >= 4 is 29.8 Å². The minimum absolute atomic E-state index is 0.0143. The molecule has 23 heteroatoms. The van der Waals surface area contributed by atoms with Gasteiger partial charge in [0, 0.05) is 66.7 Å². The number of carbonyl (C=O) groups excluding carboxylic acids is 3. The number of carbonyl (C=O) groups is 4. The van der Waals surface area contributed by atoms with Crippen LogP contribution in [0.25, 0.3) is 11.3 Å². The fraction of sp³-hybridized carbons (Fsp3) is 0.472. The molecule has 3 aliphatic heterocycles. The first-order chi connectivity index (χ1) is 35.8. The van der Waals surface area contributed by atoms with Crippen molar-refractivity contribution in [3.8, 4) is 23.1 Å². The maximum Gasteiger partial charge on any atom is 0.407 e. The van der Waals surface area contributed by atoms with E-state index in [9.17, 15) is 47.0 Å². The van der Waals surface area contributed by atoms with Crippen molar-refractivity contribution in [1.29, 1.82) is 0 Å². The van der Waals surface area contributed by atoms with Gasteiger partial charge in [0.15, 0.2) is 0 Å². The van der Waals surface area contributed by atoms with Gasteiger partial charge >= 0.3 is 18.4 Å². The molecule has 76 heavy (non-hydrogen) atoms. The summed E-state index contributed by atoms with van der Waals surface area (Å²) in [5.74, 6) is 1.54. The molecule has 17 nitrogen and oxygen atoms in total. The zero-order chi connectivity index (χ0) is 55.3. The summed E-state index contributed by atoms with van der Waals surface area (Å²) in [6.45, 7) is 7.60. The molecule has 2 aromatic carbocycles. The summed E-state index contributed by atoms with van der Waals surface area (Å²) in [6.07, 6.45) is -5.44. The van der Waals surface area contributed by atoms with Gasteiger partial charge in [0.2, 0.25) is 5.91 Å². The van der Waals surface area contributed by atoms with E-state index in [1.165, 1.54) is 26.8 Å². The SMILES string of the molecule is COC(=O)N[C@H](C(=O)N[C@@H](Cc1ccc(C#Cc2ccc(N3CC4CCC(C3)N4C3COC3)nc2)cc1)[C@@H](O)CN(Cc1c(F)cc(-c2ccc(F)cn2)cc1F)NC(=O)[C@@H](NC(=O)O)C(C)(C)C)C(C)(C)C(F)(F)F. The number of halogens is 6. The number of piperazine rings is 1. The summed E-state index contributed by atoms with van der Waals surface area (Å²) in [5, 5.41) is 29.0. The van der Waals surface area contributed by atoms with Crippen LogP contribution in [0.3, 0.4) is 0 Å². The van der Waals surface area contributed by atoms with E-state index < -0.39 is 101 Å². The molecule has 3 aliphatic rings. The highest BCUT2D eigenvalue weighted by atomic mass is 19.4. The minimum atomic E-state index is -5.08. The first-order valence-corrected chi connectivity index (χ1v) is 24.5. The van der Waals surface area contributed by atoms with Crippen LogP contribution < -0.4 is 26.3 Å². The van der Waals surface area contributed by atoms with Gasteiger partial charge in [-0.25, -0.2) is 32.8 Å². The molecule has 3 fully saturated rings. The fourth-order valence-electron chi connectivity index (χ4n) is 9.51. The highest BCUT2D eigenvalue weighted by molar-refractivity contribution is 5.87. The number of nitrogens with zero attached hydrogens (tertiary/aromatic N) is 5. The number of rotatable bonds is 17. The molecule has 408 valence electrons. The molecule has 3 saturated heterocycles. The third kappa shape index (κ3) is 13.7. The monoisotopic (exact) mass is 1070 g/mol. The molecule has 4 amide bonds. The average Bonchev–Trinajstić information content (AvgIpc) is 3.57. The predicted octanol–water partition coefficient (Wildman–Crippen LogP) is 5.93. The highest BCUT2D eigenvalue weighted by Crippen LogP contribution is 2.41. The van der Waals surface area contributed by atoms with Crippen LogP contribution in [0.5, 0.6) is 0 Å². The molecule has 0 aliphatic carbocycles. The van der Waals surface area contributed by atoms with E-state index in [1.54, 1.807) is 30.5 Å². The molecule has 6 N–H and O–H groups in total. The molecule has 6 atom stereocenters. The van der Waals surface area contributed by atoms with Crippen LogP contribution in [0, 0.1) is 40.1 Å². The Morgan fingerprint density at radius 1 is 0.816 bits per heavy atom. The average molecular weight is 1070 g/mol. The number of alkyl carbamates (subject to hydrolysis) is 1. The molecule has 4 aromatic rings. The minimum Gasteiger partial charge on any atom is -0.465 e. The van der Waals surface area contributed by atoms with Crippen LogP contribution in [-0.4, -0.2) is 143 Å². The van der Waals surface area contributed by atoms with Crippen LogP contribution >= 0.6 is 0 Å². The first-order valence-electron chi connectivity index (χ1n) is 24.5. The van der Waals surface area contributed by atoms with Crippen molar-refractivity contribution in [1.82, 2.24) is 41.3 Å². The Kier molecular flexibility index (Phi) is 17.5. The molecule has 2 aromatic heterocycles. The zero-order valence-corrected chi connectivity index (χ0v) is 42.7. The van der Waals surface area contributed by atoms with Crippen molar-refractivity contribution < 1.29 is 65.2 Å². The smallest absolute Gasteiger partial charge is 0.407 e. The van der Waals surface area contributed by atoms with Crippen molar-refractivity contribution in [3.05, 3.63) is 113 Å². The summed E-state index contributed by atoms with van der Waals surface area (Å²) in [7, 11) is 0.884. The lowest BCUT2D eigenvalue weighted by Gasteiger charge is -2.47. The molecular weight excluding hydrogens is 1000 g/mol. The molecule has 0 saturated carbocycles. The Labute approximate surface area is 435 Å². The number of nitrogens with one attached hydrogen (secondary N) is 4. The maximum absolute atomic E-state index is 16.0. The second-order valence-corrected chi connectivity index (χ2v) is 20.8. The third-order valence-corrected chi connectivity index (χ3v) is 14.0. The number of pyridine rings is 2. The van der Waals surface area contributed by atoms with Gasteiger partial charge in [-0.2, -0.15) is 13.2 Å². The molecule has 0 spiro atoms. The Balaban J connectivity index is 1.15. The molecule has 2 bridgehead atoms. The van der Waals surface area contributed by atoms with Gasteiger partial charge in [0.1, 0.15) is 35.4 Å².